The molecule has 1 aliphatic rings. The van der Waals surface area contributed by atoms with Gasteiger partial charge < -0.3 is 15.0 Å². The van der Waals surface area contributed by atoms with Crippen molar-refractivity contribution in [3.63, 3.8) is 0 Å². The number of halogens is 2. The molecule has 0 saturated carbocycles. The van der Waals surface area contributed by atoms with Crippen molar-refractivity contribution in [1.82, 2.24) is 14.9 Å². The molecule has 1 saturated heterocycles. The molecule has 1 fully saturated rings. The maximum atomic E-state index is 11.7. The highest BCUT2D eigenvalue weighted by Crippen LogP contribution is 2.19. The molecule has 0 spiro atoms. The van der Waals surface area contributed by atoms with Gasteiger partial charge in [0.1, 0.15) is 17.4 Å². The highest BCUT2D eigenvalue weighted by Gasteiger charge is 2.16. The normalized spacial score (nSPS) is 16.1. The Morgan fingerprint density at radius 2 is 2.30 bits per heavy atom. The van der Waals surface area contributed by atoms with Gasteiger partial charge in [0.05, 0.1) is 6.20 Å². The molecule has 0 unspecified atom stereocenters. The SMILES string of the molecule is O=C1COCCCN1CCCNc1nc(Cl)ncc1Cl. The Labute approximate surface area is 127 Å². The van der Waals surface area contributed by atoms with Crippen LogP contribution in [0.15, 0.2) is 6.20 Å². The smallest absolute Gasteiger partial charge is 0.248 e. The van der Waals surface area contributed by atoms with Gasteiger partial charge in [0.25, 0.3) is 0 Å². The number of hydrogen-bond acceptors (Lipinski definition) is 5. The third-order valence-corrected chi connectivity index (χ3v) is 3.37. The van der Waals surface area contributed by atoms with Crippen molar-refractivity contribution in [2.45, 2.75) is 12.8 Å². The average Bonchev–Trinajstić information content (AvgIpc) is 2.63. The van der Waals surface area contributed by atoms with E-state index in [2.05, 4.69) is 15.3 Å². The fraction of sp³-hybridized carbons (Fsp3) is 0.583. The van der Waals surface area contributed by atoms with E-state index in [1.54, 1.807) is 0 Å². The van der Waals surface area contributed by atoms with E-state index in [0.29, 0.717) is 30.5 Å². The molecule has 0 aliphatic carbocycles. The van der Waals surface area contributed by atoms with Gasteiger partial charge in [0.15, 0.2) is 0 Å². The zero-order chi connectivity index (χ0) is 14.4. The summed E-state index contributed by atoms with van der Waals surface area (Å²) in [5.74, 6) is 0.558. The quantitative estimate of drug-likeness (QED) is 0.662. The Kier molecular flexibility index (Phi) is 5.82. The van der Waals surface area contributed by atoms with Crippen LogP contribution in [0.3, 0.4) is 0 Å². The van der Waals surface area contributed by atoms with E-state index >= 15 is 0 Å². The number of amides is 1. The number of ether oxygens (including phenoxy) is 1. The maximum Gasteiger partial charge on any atom is 0.248 e. The summed E-state index contributed by atoms with van der Waals surface area (Å²) in [6.45, 7) is 2.92. The van der Waals surface area contributed by atoms with Crippen LogP contribution in [0.5, 0.6) is 0 Å². The lowest BCUT2D eigenvalue weighted by molar-refractivity contribution is -0.133. The summed E-state index contributed by atoms with van der Waals surface area (Å²) in [7, 11) is 0. The van der Waals surface area contributed by atoms with Crippen LogP contribution in [-0.4, -0.2) is 53.6 Å². The summed E-state index contributed by atoms with van der Waals surface area (Å²) in [5.41, 5.74) is 0. The number of aromatic nitrogens is 2. The Balaban J connectivity index is 1.75. The minimum Gasteiger partial charge on any atom is -0.372 e. The van der Waals surface area contributed by atoms with Gasteiger partial charge in [0.2, 0.25) is 11.2 Å². The molecular formula is C12H16Cl2N4O2. The average molecular weight is 319 g/mol. The van der Waals surface area contributed by atoms with Crippen molar-refractivity contribution >= 4 is 34.9 Å². The second kappa shape index (κ2) is 7.61. The van der Waals surface area contributed by atoms with Crippen LogP contribution in [0.2, 0.25) is 10.3 Å². The molecule has 2 rings (SSSR count). The molecule has 1 N–H and O–H groups in total. The summed E-state index contributed by atoms with van der Waals surface area (Å²) in [6.07, 6.45) is 3.13. The summed E-state index contributed by atoms with van der Waals surface area (Å²) in [6, 6.07) is 0. The molecule has 2 heterocycles. The topological polar surface area (TPSA) is 67.3 Å². The van der Waals surface area contributed by atoms with Gasteiger partial charge in [-0.05, 0) is 24.4 Å². The first kappa shape index (κ1) is 15.3. The van der Waals surface area contributed by atoms with Gasteiger partial charge in [-0.15, -0.1) is 0 Å². The van der Waals surface area contributed by atoms with E-state index in [-0.39, 0.29) is 17.8 Å². The van der Waals surface area contributed by atoms with Gasteiger partial charge in [0, 0.05) is 26.2 Å². The van der Waals surface area contributed by atoms with Crippen LogP contribution < -0.4 is 5.32 Å². The zero-order valence-corrected chi connectivity index (χ0v) is 12.5. The van der Waals surface area contributed by atoms with E-state index in [0.717, 1.165) is 19.4 Å². The summed E-state index contributed by atoms with van der Waals surface area (Å²) in [5, 5.41) is 3.66. The maximum absolute atomic E-state index is 11.7. The van der Waals surface area contributed by atoms with Gasteiger partial charge in [-0.25, -0.2) is 4.98 Å². The third-order valence-electron chi connectivity index (χ3n) is 2.91. The number of carbonyl (C=O) groups excluding carboxylic acids is 1. The van der Waals surface area contributed by atoms with Crippen molar-refractivity contribution in [3.05, 3.63) is 16.5 Å². The van der Waals surface area contributed by atoms with Crippen LogP contribution in [0.25, 0.3) is 0 Å². The van der Waals surface area contributed by atoms with Crippen molar-refractivity contribution in [2.75, 3.05) is 38.2 Å². The lowest BCUT2D eigenvalue weighted by Crippen LogP contribution is -2.34. The predicted molar refractivity (Wildman–Crippen MR) is 77.2 cm³/mol. The first-order valence-electron chi connectivity index (χ1n) is 6.44. The van der Waals surface area contributed by atoms with Crippen LogP contribution >= 0.6 is 23.2 Å². The molecule has 1 aromatic rings. The number of carbonyl (C=O) groups is 1. The van der Waals surface area contributed by atoms with Crippen molar-refractivity contribution < 1.29 is 9.53 Å². The molecular weight excluding hydrogens is 303 g/mol. The summed E-state index contributed by atoms with van der Waals surface area (Å²) in [4.78, 5) is 21.3. The molecule has 1 aromatic heterocycles. The summed E-state index contributed by atoms with van der Waals surface area (Å²) < 4.78 is 5.19. The molecule has 20 heavy (non-hydrogen) atoms. The Hall–Kier alpha value is -1.11. The number of hydrogen-bond donors (Lipinski definition) is 1. The largest absolute Gasteiger partial charge is 0.372 e. The lowest BCUT2D eigenvalue weighted by atomic mass is 10.3. The van der Waals surface area contributed by atoms with Crippen LogP contribution in [0, 0.1) is 0 Å². The van der Waals surface area contributed by atoms with Gasteiger partial charge in [-0.3, -0.25) is 4.79 Å². The molecule has 0 bridgehead atoms. The predicted octanol–water partition coefficient (Wildman–Crippen LogP) is 1.83. The molecule has 0 atom stereocenters. The second-order valence-electron chi connectivity index (χ2n) is 4.40. The number of nitrogens with one attached hydrogen (secondary N) is 1. The van der Waals surface area contributed by atoms with E-state index < -0.39 is 0 Å². The van der Waals surface area contributed by atoms with E-state index in [4.69, 9.17) is 27.9 Å². The fourth-order valence-electron chi connectivity index (χ4n) is 1.92. The Morgan fingerprint density at radius 1 is 1.45 bits per heavy atom. The summed E-state index contributed by atoms with van der Waals surface area (Å²) >= 11 is 11.6. The molecule has 8 heteroatoms. The first-order valence-corrected chi connectivity index (χ1v) is 7.20. The third kappa shape index (κ3) is 4.47. The first-order chi connectivity index (χ1) is 9.66. The lowest BCUT2D eigenvalue weighted by Gasteiger charge is -2.19. The monoisotopic (exact) mass is 318 g/mol. The van der Waals surface area contributed by atoms with Crippen LogP contribution in [0.4, 0.5) is 5.82 Å². The molecule has 0 radical (unpaired) electrons. The molecule has 6 nitrogen and oxygen atoms in total. The fourth-order valence-corrected chi connectivity index (χ4v) is 2.21. The second-order valence-corrected chi connectivity index (χ2v) is 5.15. The minimum absolute atomic E-state index is 0.0469. The van der Waals surface area contributed by atoms with Crippen molar-refractivity contribution in [1.29, 1.82) is 0 Å². The van der Waals surface area contributed by atoms with Crippen LogP contribution in [-0.2, 0) is 9.53 Å². The van der Waals surface area contributed by atoms with Gasteiger partial charge >= 0.3 is 0 Å². The molecule has 1 aliphatic heterocycles. The molecule has 1 amide bonds. The van der Waals surface area contributed by atoms with E-state index in [9.17, 15) is 4.79 Å². The van der Waals surface area contributed by atoms with Crippen LogP contribution in [0.1, 0.15) is 12.8 Å². The van der Waals surface area contributed by atoms with Gasteiger partial charge in [-0.2, -0.15) is 4.98 Å². The highest BCUT2D eigenvalue weighted by molar-refractivity contribution is 6.33. The highest BCUT2D eigenvalue weighted by atomic mass is 35.5. The number of rotatable bonds is 5. The zero-order valence-electron chi connectivity index (χ0n) is 10.9. The van der Waals surface area contributed by atoms with Crippen molar-refractivity contribution in [2.24, 2.45) is 0 Å². The number of anilines is 1. The standard InChI is InChI=1S/C12H16Cl2N4O2/c13-9-7-16-12(14)17-11(9)15-3-1-4-18-5-2-6-20-8-10(18)19/h7H,1-6,8H2,(H,15,16,17). The van der Waals surface area contributed by atoms with Crippen molar-refractivity contribution in [3.8, 4) is 0 Å². The molecule has 0 aromatic carbocycles. The van der Waals surface area contributed by atoms with Gasteiger partial charge in [-0.1, -0.05) is 11.6 Å². The Bertz CT molecular complexity index is 473. The van der Waals surface area contributed by atoms with E-state index in [1.165, 1.54) is 6.20 Å². The molecule has 110 valence electrons. The minimum atomic E-state index is 0.0469. The Morgan fingerprint density at radius 3 is 3.15 bits per heavy atom. The van der Waals surface area contributed by atoms with E-state index in [1.807, 2.05) is 4.90 Å². The number of nitrogens with zero attached hydrogens (tertiary/aromatic N) is 3.